The Morgan fingerprint density at radius 1 is 0.941 bits per heavy atom. The minimum absolute atomic E-state index is 0.173. The number of carbonyl (C=O) groups is 1. The molecule has 0 aliphatic heterocycles. The lowest BCUT2D eigenvalue weighted by Gasteiger charge is -2.20. The maximum absolute atomic E-state index is 13.8. The van der Waals surface area contributed by atoms with E-state index in [1.54, 1.807) is 17.0 Å². The number of rotatable bonds is 5. The number of para-hydroxylation sites is 1. The summed E-state index contributed by atoms with van der Waals surface area (Å²) in [6.45, 7) is 4.43. The third-order valence-corrected chi connectivity index (χ3v) is 6.72. The molecule has 0 radical (unpaired) electrons. The van der Waals surface area contributed by atoms with Crippen LogP contribution >= 0.6 is 11.3 Å². The Hall–Kier alpha value is -4.10. The zero-order valence-corrected chi connectivity index (χ0v) is 19.6. The van der Waals surface area contributed by atoms with E-state index < -0.39 is 0 Å². The maximum atomic E-state index is 13.8. The van der Waals surface area contributed by atoms with Gasteiger partial charge in [-0.05, 0) is 54.8 Å². The second kappa shape index (κ2) is 9.03. The quantitative estimate of drug-likeness (QED) is 0.352. The highest BCUT2D eigenvalue weighted by molar-refractivity contribution is 7.22. The molecule has 1 amide bonds. The van der Waals surface area contributed by atoms with Crippen LogP contribution in [0.15, 0.2) is 89.7 Å². The Morgan fingerprint density at radius 2 is 1.65 bits per heavy atom. The highest BCUT2D eigenvalue weighted by atomic mass is 32.1. The summed E-state index contributed by atoms with van der Waals surface area (Å²) in [6.07, 6.45) is 0. The molecule has 0 fully saturated rings. The monoisotopic (exact) mass is 466 g/mol. The lowest BCUT2D eigenvalue weighted by molar-refractivity contribution is 0.0978. The lowest BCUT2D eigenvalue weighted by Crippen LogP contribution is -2.33. The van der Waals surface area contributed by atoms with Crippen LogP contribution in [0.5, 0.6) is 0 Å². The van der Waals surface area contributed by atoms with E-state index in [-0.39, 0.29) is 17.2 Å². The number of amides is 1. The van der Waals surface area contributed by atoms with Crippen molar-refractivity contribution >= 4 is 32.6 Å². The number of aryl methyl sites for hydroxylation is 2. The number of nitrogens with zero attached hydrogens (tertiary/aromatic N) is 4. The number of aromatic nitrogens is 3. The predicted molar refractivity (Wildman–Crippen MR) is 136 cm³/mol. The van der Waals surface area contributed by atoms with Crippen LogP contribution < -0.4 is 10.5 Å². The Labute approximate surface area is 200 Å². The van der Waals surface area contributed by atoms with Crippen LogP contribution in [-0.2, 0) is 6.54 Å². The summed E-state index contributed by atoms with van der Waals surface area (Å²) in [5, 5.41) is 5.00. The molecule has 0 N–H and O–H groups in total. The molecule has 5 rings (SSSR count). The normalized spacial score (nSPS) is 11.0. The van der Waals surface area contributed by atoms with Gasteiger partial charge < -0.3 is 0 Å². The molecule has 0 aliphatic carbocycles. The minimum atomic E-state index is -0.318. The molecule has 34 heavy (non-hydrogen) atoms. The van der Waals surface area contributed by atoms with Crippen molar-refractivity contribution in [2.24, 2.45) is 0 Å². The highest BCUT2D eigenvalue weighted by Crippen LogP contribution is 2.33. The zero-order valence-electron chi connectivity index (χ0n) is 18.8. The van der Waals surface area contributed by atoms with Gasteiger partial charge in [-0.1, -0.05) is 65.9 Å². The van der Waals surface area contributed by atoms with Gasteiger partial charge in [-0.2, -0.15) is 9.78 Å². The highest BCUT2D eigenvalue weighted by Gasteiger charge is 2.24. The van der Waals surface area contributed by atoms with Gasteiger partial charge in [0.1, 0.15) is 5.69 Å². The second-order valence-electron chi connectivity index (χ2n) is 8.11. The SMILES string of the molecule is Cc1cc(C)c2sc(N(Cc3ccccc3)C(=O)c3ccc(=O)n(-c4ccccc4)n3)nc2c1. The van der Waals surface area contributed by atoms with Crippen LogP contribution in [0.25, 0.3) is 15.9 Å². The number of anilines is 1. The van der Waals surface area contributed by atoms with E-state index in [2.05, 4.69) is 18.1 Å². The van der Waals surface area contributed by atoms with Gasteiger partial charge in [-0.25, -0.2) is 4.98 Å². The number of hydrogen-bond donors (Lipinski definition) is 0. The first kappa shape index (κ1) is 21.7. The number of hydrogen-bond acceptors (Lipinski definition) is 5. The van der Waals surface area contributed by atoms with E-state index in [0.29, 0.717) is 17.4 Å². The van der Waals surface area contributed by atoms with Crippen molar-refractivity contribution in [2.75, 3.05) is 4.90 Å². The molecule has 6 nitrogen and oxygen atoms in total. The van der Waals surface area contributed by atoms with Crippen LogP contribution in [0, 0.1) is 13.8 Å². The molecule has 0 spiro atoms. The Balaban J connectivity index is 1.60. The van der Waals surface area contributed by atoms with E-state index in [4.69, 9.17) is 4.98 Å². The number of benzene rings is 3. The van der Waals surface area contributed by atoms with Crippen molar-refractivity contribution in [1.29, 1.82) is 0 Å². The summed E-state index contributed by atoms with van der Waals surface area (Å²) in [5.74, 6) is -0.318. The smallest absolute Gasteiger partial charge is 0.278 e. The van der Waals surface area contributed by atoms with E-state index in [1.165, 1.54) is 28.2 Å². The summed E-state index contributed by atoms with van der Waals surface area (Å²) >= 11 is 1.48. The van der Waals surface area contributed by atoms with Gasteiger partial charge in [0.25, 0.3) is 11.5 Å². The Kier molecular flexibility index (Phi) is 5.77. The average molecular weight is 467 g/mol. The van der Waals surface area contributed by atoms with Crippen molar-refractivity contribution < 1.29 is 4.79 Å². The maximum Gasteiger partial charge on any atom is 0.280 e. The van der Waals surface area contributed by atoms with Crippen LogP contribution in [-0.4, -0.2) is 20.7 Å². The summed E-state index contributed by atoms with van der Waals surface area (Å²) in [6, 6.07) is 25.8. The van der Waals surface area contributed by atoms with Crippen molar-refractivity contribution in [2.45, 2.75) is 20.4 Å². The first-order valence-corrected chi connectivity index (χ1v) is 11.7. The van der Waals surface area contributed by atoms with Crippen LogP contribution in [0.3, 0.4) is 0 Å². The summed E-state index contributed by atoms with van der Waals surface area (Å²) in [7, 11) is 0. The first-order valence-electron chi connectivity index (χ1n) is 10.9. The fourth-order valence-electron chi connectivity index (χ4n) is 3.89. The van der Waals surface area contributed by atoms with Gasteiger partial charge in [0.15, 0.2) is 5.13 Å². The zero-order chi connectivity index (χ0) is 23.7. The molecule has 2 aromatic heterocycles. The van der Waals surface area contributed by atoms with Crippen LogP contribution in [0.1, 0.15) is 27.2 Å². The van der Waals surface area contributed by atoms with E-state index in [1.807, 2.05) is 61.5 Å². The fraction of sp³-hybridized carbons (Fsp3) is 0.111. The minimum Gasteiger partial charge on any atom is -0.278 e. The van der Waals surface area contributed by atoms with Gasteiger partial charge in [0.05, 0.1) is 22.4 Å². The van der Waals surface area contributed by atoms with Crippen molar-refractivity contribution in [3.63, 3.8) is 0 Å². The summed E-state index contributed by atoms with van der Waals surface area (Å²) < 4.78 is 2.30. The topological polar surface area (TPSA) is 68.1 Å². The Bertz CT molecular complexity index is 1540. The predicted octanol–water partition coefficient (Wildman–Crippen LogP) is 5.31. The van der Waals surface area contributed by atoms with Gasteiger partial charge in [0, 0.05) is 6.07 Å². The molecular formula is C27H22N4O2S. The van der Waals surface area contributed by atoms with Gasteiger partial charge in [0.2, 0.25) is 0 Å². The molecule has 5 aromatic rings. The third kappa shape index (κ3) is 4.25. The molecule has 0 bridgehead atoms. The molecule has 3 aromatic carbocycles. The van der Waals surface area contributed by atoms with E-state index in [9.17, 15) is 9.59 Å². The molecule has 0 atom stereocenters. The Morgan fingerprint density at radius 3 is 2.38 bits per heavy atom. The average Bonchev–Trinajstić information content (AvgIpc) is 3.28. The molecule has 2 heterocycles. The van der Waals surface area contributed by atoms with Gasteiger partial charge in [-0.15, -0.1) is 0 Å². The van der Waals surface area contributed by atoms with E-state index in [0.717, 1.165) is 26.9 Å². The molecule has 7 heteroatoms. The third-order valence-electron chi connectivity index (χ3n) is 5.49. The second-order valence-corrected chi connectivity index (χ2v) is 9.09. The number of thiazole rings is 1. The van der Waals surface area contributed by atoms with Crippen molar-refractivity contribution in [3.05, 3.63) is 118 Å². The van der Waals surface area contributed by atoms with Gasteiger partial charge in [-0.3, -0.25) is 14.5 Å². The van der Waals surface area contributed by atoms with Crippen molar-refractivity contribution in [3.8, 4) is 5.69 Å². The molecule has 0 unspecified atom stereocenters. The number of fused-ring (bicyclic) bond motifs is 1. The molecule has 0 aliphatic rings. The molecule has 168 valence electrons. The molecule has 0 saturated carbocycles. The largest absolute Gasteiger partial charge is 0.280 e. The fourth-order valence-corrected chi connectivity index (χ4v) is 4.90. The molecular weight excluding hydrogens is 444 g/mol. The van der Waals surface area contributed by atoms with Crippen molar-refractivity contribution in [1.82, 2.24) is 14.8 Å². The van der Waals surface area contributed by atoms with Gasteiger partial charge >= 0.3 is 0 Å². The van der Waals surface area contributed by atoms with Crippen LogP contribution in [0.2, 0.25) is 0 Å². The standard InChI is InChI=1S/C27H22N4O2S/c1-18-15-19(2)25-23(16-18)28-27(34-25)30(17-20-9-5-3-6-10-20)26(33)22-13-14-24(32)31(29-22)21-11-7-4-8-12-21/h3-16H,17H2,1-2H3. The first-order chi connectivity index (χ1) is 16.5. The van der Waals surface area contributed by atoms with E-state index >= 15 is 0 Å². The van der Waals surface area contributed by atoms with Crippen LogP contribution in [0.4, 0.5) is 5.13 Å². The lowest BCUT2D eigenvalue weighted by atomic mass is 10.1. The summed E-state index contributed by atoms with van der Waals surface area (Å²) in [5.41, 5.74) is 4.56. The molecule has 0 saturated heterocycles. The summed E-state index contributed by atoms with van der Waals surface area (Å²) in [4.78, 5) is 32.7. The number of carbonyl (C=O) groups excluding carboxylic acids is 1.